The zero-order valence-electron chi connectivity index (χ0n) is 18.6. The van der Waals surface area contributed by atoms with Crippen LogP contribution in [0.2, 0.25) is 0 Å². The summed E-state index contributed by atoms with van der Waals surface area (Å²) in [6.07, 6.45) is 0.0323. The number of halogens is 1. The highest BCUT2D eigenvalue weighted by Crippen LogP contribution is 2.25. The van der Waals surface area contributed by atoms with Gasteiger partial charge in [0.2, 0.25) is 0 Å². The van der Waals surface area contributed by atoms with Gasteiger partial charge in [0.05, 0.1) is 19.7 Å². The minimum Gasteiger partial charge on any atom is -0.370 e. The number of carbonyl (C=O) groups excluding carboxylic acids is 1. The first-order valence-corrected chi connectivity index (χ1v) is 10.7. The van der Waals surface area contributed by atoms with Gasteiger partial charge in [0, 0.05) is 25.2 Å². The van der Waals surface area contributed by atoms with E-state index in [9.17, 15) is 4.79 Å². The molecule has 1 unspecified atom stereocenters. The Morgan fingerprint density at radius 1 is 1.13 bits per heavy atom. The number of ether oxygens (including phenoxy) is 1. The molecule has 1 fully saturated rings. The maximum atomic E-state index is 12.1. The molecule has 6 nitrogen and oxygen atoms in total. The van der Waals surface area contributed by atoms with Gasteiger partial charge in [0.1, 0.15) is 6.10 Å². The first-order valence-electron chi connectivity index (χ1n) is 10.7. The first kappa shape index (κ1) is 25.1. The summed E-state index contributed by atoms with van der Waals surface area (Å²) in [4.78, 5) is 19.2. The molecule has 0 spiro atoms. The lowest BCUT2D eigenvalue weighted by Crippen LogP contribution is -2.48. The number of aryl methyl sites for hydroxylation is 1. The van der Waals surface area contributed by atoms with Gasteiger partial charge in [-0.3, -0.25) is 4.79 Å². The molecule has 0 bridgehead atoms. The largest absolute Gasteiger partial charge is 0.370 e. The Morgan fingerprint density at radius 2 is 1.90 bits per heavy atom. The fraction of sp³-hybridized carbons (Fsp3) is 0.417. The fourth-order valence-corrected chi connectivity index (χ4v) is 3.64. The summed E-state index contributed by atoms with van der Waals surface area (Å²) in [6.45, 7) is 10.3. The number of nitrogens with one attached hydrogen (secondary N) is 2. The van der Waals surface area contributed by atoms with Gasteiger partial charge >= 0.3 is 0 Å². The number of hydrogen-bond acceptors (Lipinski definition) is 3. The molecular weight excluding hydrogens is 503 g/mol. The van der Waals surface area contributed by atoms with Crippen LogP contribution in [0.3, 0.4) is 0 Å². The molecule has 1 aliphatic heterocycles. The van der Waals surface area contributed by atoms with Crippen molar-refractivity contribution in [3.63, 3.8) is 0 Å². The quantitative estimate of drug-likeness (QED) is 0.334. The molecule has 2 aromatic rings. The number of guanidine groups is 1. The zero-order chi connectivity index (χ0) is 21.3. The highest BCUT2D eigenvalue weighted by atomic mass is 127. The van der Waals surface area contributed by atoms with Crippen LogP contribution in [0, 0.1) is 6.92 Å². The normalized spacial score (nSPS) is 16.4. The number of amides is 1. The Balaban J connectivity index is 0.00000341. The van der Waals surface area contributed by atoms with E-state index in [4.69, 9.17) is 9.73 Å². The summed E-state index contributed by atoms with van der Waals surface area (Å²) in [5.41, 5.74) is 4.15. The monoisotopic (exact) mass is 536 g/mol. The van der Waals surface area contributed by atoms with E-state index in [1.54, 1.807) is 0 Å². The van der Waals surface area contributed by atoms with Crippen molar-refractivity contribution in [3.8, 4) is 0 Å². The number of benzene rings is 2. The average Bonchev–Trinajstić information content (AvgIpc) is 2.77. The Bertz CT molecular complexity index is 887. The van der Waals surface area contributed by atoms with Crippen molar-refractivity contribution in [3.05, 3.63) is 70.8 Å². The van der Waals surface area contributed by atoms with Crippen LogP contribution in [-0.4, -0.2) is 49.6 Å². The molecule has 31 heavy (non-hydrogen) atoms. The van der Waals surface area contributed by atoms with Gasteiger partial charge in [-0.05, 0) is 49.6 Å². The second-order valence-corrected chi connectivity index (χ2v) is 7.39. The van der Waals surface area contributed by atoms with Crippen molar-refractivity contribution in [1.82, 2.24) is 15.5 Å². The summed E-state index contributed by atoms with van der Waals surface area (Å²) in [5.74, 6) is 0.826. The van der Waals surface area contributed by atoms with Crippen molar-refractivity contribution in [2.45, 2.75) is 33.4 Å². The zero-order valence-corrected chi connectivity index (χ0v) is 20.9. The Labute approximate surface area is 202 Å². The van der Waals surface area contributed by atoms with Crippen LogP contribution in [0.4, 0.5) is 0 Å². The molecule has 2 N–H and O–H groups in total. The molecular formula is C24H33IN4O2. The molecule has 7 heteroatoms. The molecule has 0 aliphatic carbocycles. The second kappa shape index (κ2) is 12.7. The van der Waals surface area contributed by atoms with E-state index < -0.39 is 0 Å². The van der Waals surface area contributed by atoms with E-state index in [0.29, 0.717) is 25.3 Å². The third-order valence-corrected chi connectivity index (χ3v) is 5.17. The minimum atomic E-state index is -0.0514. The van der Waals surface area contributed by atoms with Crippen LogP contribution in [0.1, 0.15) is 47.0 Å². The van der Waals surface area contributed by atoms with E-state index in [1.165, 1.54) is 11.1 Å². The first-order chi connectivity index (χ1) is 14.6. The van der Waals surface area contributed by atoms with E-state index >= 15 is 0 Å². The molecule has 1 amide bonds. The number of rotatable bonds is 6. The Kier molecular flexibility index (Phi) is 10.3. The molecule has 1 heterocycles. The minimum absolute atomic E-state index is 0. The lowest BCUT2D eigenvalue weighted by atomic mass is 10.0. The van der Waals surface area contributed by atoms with E-state index in [-0.39, 0.29) is 36.0 Å². The van der Waals surface area contributed by atoms with E-state index in [1.807, 2.05) is 31.2 Å². The molecule has 1 saturated heterocycles. The van der Waals surface area contributed by atoms with Gasteiger partial charge in [0.25, 0.3) is 5.91 Å². The van der Waals surface area contributed by atoms with Gasteiger partial charge < -0.3 is 20.3 Å². The van der Waals surface area contributed by atoms with Gasteiger partial charge in [0.15, 0.2) is 5.96 Å². The number of morpholine rings is 1. The van der Waals surface area contributed by atoms with Crippen molar-refractivity contribution in [2.24, 2.45) is 4.99 Å². The summed E-state index contributed by atoms with van der Waals surface area (Å²) in [5, 5.41) is 6.25. The smallest absolute Gasteiger partial charge is 0.251 e. The van der Waals surface area contributed by atoms with Crippen molar-refractivity contribution < 1.29 is 9.53 Å². The van der Waals surface area contributed by atoms with E-state index in [2.05, 4.69) is 53.6 Å². The van der Waals surface area contributed by atoms with Crippen molar-refractivity contribution in [2.75, 3.05) is 32.8 Å². The van der Waals surface area contributed by atoms with E-state index in [0.717, 1.165) is 31.2 Å². The summed E-state index contributed by atoms with van der Waals surface area (Å²) in [6, 6.07) is 16.0. The van der Waals surface area contributed by atoms with Crippen LogP contribution >= 0.6 is 24.0 Å². The van der Waals surface area contributed by atoms with Crippen molar-refractivity contribution in [1.29, 1.82) is 0 Å². The third-order valence-electron chi connectivity index (χ3n) is 5.17. The van der Waals surface area contributed by atoms with Crippen LogP contribution in [0.25, 0.3) is 0 Å². The molecule has 1 aliphatic rings. The molecule has 168 valence electrons. The van der Waals surface area contributed by atoms with Crippen LogP contribution < -0.4 is 10.6 Å². The molecule has 2 aromatic carbocycles. The molecule has 0 aromatic heterocycles. The highest BCUT2D eigenvalue weighted by Gasteiger charge is 2.25. The fourth-order valence-electron chi connectivity index (χ4n) is 3.64. The standard InChI is InChI=1S/C24H32N4O2.HI/c1-4-25-23(29)20-11-8-10-19(15-20)16-27-24(26-5-2)28-13-14-30-22(17-28)21-12-7-6-9-18(21)3;/h6-12,15,22H,4-5,13-14,16-17H2,1-3H3,(H,25,29)(H,26,27);1H. The Morgan fingerprint density at radius 3 is 2.65 bits per heavy atom. The number of nitrogens with zero attached hydrogens (tertiary/aromatic N) is 2. The number of hydrogen-bond donors (Lipinski definition) is 2. The highest BCUT2D eigenvalue weighted by molar-refractivity contribution is 14.0. The van der Waals surface area contributed by atoms with Crippen LogP contribution in [0.15, 0.2) is 53.5 Å². The molecule has 0 radical (unpaired) electrons. The number of aliphatic imine (C=N–C) groups is 1. The predicted molar refractivity (Wildman–Crippen MR) is 136 cm³/mol. The maximum absolute atomic E-state index is 12.1. The van der Waals surface area contributed by atoms with Gasteiger partial charge in [-0.2, -0.15) is 0 Å². The third kappa shape index (κ3) is 6.93. The van der Waals surface area contributed by atoms with Crippen molar-refractivity contribution >= 4 is 35.8 Å². The molecule has 1 atom stereocenters. The molecule has 0 saturated carbocycles. The van der Waals surface area contributed by atoms with Gasteiger partial charge in [-0.1, -0.05) is 36.4 Å². The SMILES string of the molecule is CCNC(=O)c1cccc(CN=C(NCC)N2CCOC(c3ccccc3C)C2)c1.I. The second-order valence-electron chi connectivity index (χ2n) is 7.39. The van der Waals surface area contributed by atoms with Gasteiger partial charge in [-0.15, -0.1) is 24.0 Å². The maximum Gasteiger partial charge on any atom is 0.251 e. The van der Waals surface area contributed by atoms with Crippen LogP contribution in [-0.2, 0) is 11.3 Å². The predicted octanol–water partition coefficient (Wildman–Crippen LogP) is 3.90. The average molecular weight is 536 g/mol. The summed E-state index contributed by atoms with van der Waals surface area (Å²) < 4.78 is 6.06. The topological polar surface area (TPSA) is 66.0 Å². The van der Waals surface area contributed by atoms with Gasteiger partial charge in [-0.25, -0.2) is 4.99 Å². The lowest BCUT2D eigenvalue weighted by molar-refractivity contribution is -0.00834. The van der Waals surface area contributed by atoms with Crippen LogP contribution in [0.5, 0.6) is 0 Å². The summed E-state index contributed by atoms with van der Waals surface area (Å²) >= 11 is 0. The summed E-state index contributed by atoms with van der Waals surface area (Å²) in [7, 11) is 0. The number of carbonyl (C=O) groups is 1. The molecule has 3 rings (SSSR count). The Hall–Kier alpha value is -2.13. The lowest BCUT2D eigenvalue weighted by Gasteiger charge is -2.35.